The van der Waals surface area contributed by atoms with Crippen LogP contribution in [0.1, 0.15) is 61.4 Å². The van der Waals surface area contributed by atoms with Crippen molar-refractivity contribution in [2.45, 2.75) is 64.1 Å². The van der Waals surface area contributed by atoms with Crippen molar-refractivity contribution >= 4 is 63.8 Å². The molecule has 3 aromatic rings. The molecule has 3 saturated heterocycles. The number of piperazine rings is 1. The molecular weight excluding hydrogens is 831 g/mol. The average Bonchev–Trinajstić information content (AvgIpc) is 3.34. The summed E-state index contributed by atoms with van der Waals surface area (Å²) in [6, 6.07) is 13.6. The van der Waals surface area contributed by atoms with Crippen LogP contribution in [0.2, 0.25) is 5.02 Å². The Morgan fingerprint density at radius 1 is 0.950 bits per heavy atom. The van der Waals surface area contributed by atoms with Gasteiger partial charge in [-0.05, 0) is 98.6 Å². The van der Waals surface area contributed by atoms with E-state index in [1.165, 1.54) is 43.0 Å². The number of amides is 3. The fourth-order valence-corrected chi connectivity index (χ4v) is 8.53. The number of anilines is 2. The maximum Gasteiger partial charge on any atom is 0.417 e. The number of benzene rings is 3. The molecule has 0 radical (unpaired) electrons. The molecule has 3 aliphatic heterocycles. The van der Waals surface area contributed by atoms with Crippen molar-refractivity contribution in [1.29, 1.82) is 5.26 Å². The van der Waals surface area contributed by atoms with E-state index >= 15 is 8.78 Å². The molecule has 6 rings (SSSR count). The van der Waals surface area contributed by atoms with E-state index in [9.17, 15) is 37.6 Å². The molecule has 18 heteroatoms. The topological polar surface area (TPSA) is 126 Å². The van der Waals surface area contributed by atoms with E-state index in [1.54, 1.807) is 12.1 Å². The minimum atomic E-state index is -4.89. The van der Waals surface area contributed by atoms with Crippen molar-refractivity contribution in [2.75, 3.05) is 55.7 Å². The van der Waals surface area contributed by atoms with E-state index in [-0.39, 0.29) is 71.7 Å². The first-order valence-corrected chi connectivity index (χ1v) is 20.0. The summed E-state index contributed by atoms with van der Waals surface area (Å²) < 4.78 is 77.4. The fraction of sp³-hybridized carbons (Fsp3) is 0.429. The summed E-state index contributed by atoms with van der Waals surface area (Å²) in [6.07, 6.45) is -3.58. The molecule has 0 spiro atoms. The van der Waals surface area contributed by atoms with Crippen molar-refractivity contribution in [3.8, 4) is 11.8 Å². The Labute approximate surface area is 354 Å². The molecule has 60 heavy (non-hydrogen) atoms. The smallest absolute Gasteiger partial charge is 0.417 e. The summed E-state index contributed by atoms with van der Waals surface area (Å²) in [5.74, 6) is -5.12. The lowest BCUT2D eigenvalue weighted by Gasteiger charge is -2.34. The molecule has 3 amide bonds. The monoisotopic (exact) mass is 872 g/mol. The fourth-order valence-electron chi connectivity index (χ4n) is 7.73. The number of hydrogen-bond acceptors (Lipinski definition) is 9. The van der Waals surface area contributed by atoms with Crippen LogP contribution in [0.3, 0.4) is 0 Å². The lowest BCUT2D eigenvalue weighted by atomic mass is 9.90. The second-order valence-corrected chi connectivity index (χ2v) is 16.5. The number of carbonyl (C=O) groups is 4. The number of carbonyl (C=O) groups excluding carboxylic acids is 4. The van der Waals surface area contributed by atoms with Crippen LogP contribution in [-0.4, -0.2) is 89.8 Å². The zero-order valence-electron chi connectivity index (χ0n) is 33.0. The highest BCUT2D eigenvalue weighted by atomic mass is 35.5. The van der Waals surface area contributed by atoms with Gasteiger partial charge in [0.25, 0.3) is 11.8 Å². The van der Waals surface area contributed by atoms with Crippen molar-refractivity contribution in [3.05, 3.63) is 87.4 Å². The van der Waals surface area contributed by atoms with Gasteiger partial charge in [-0.3, -0.25) is 39.2 Å². The highest BCUT2D eigenvalue weighted by Crippen LogP contribution is 2.43. The summed E-state index contributed by atoms with van der Waals surface area (Å²) in [5.41, 5.74) is -2.41. The van der Waals surface area contributed by atoms with Gasteiger partial charge in [0.2, 0.25) is 11.8 Å². The Morgan fingerprint density at radius 2 is 1.60 bits per heavy atom. The third kappa shape index (κ3) is 9.94. The van der Waals surface area contributed by atoms with Gasteiger partial charge in [-0.2, -0.15) is 18.4 Å². The third-order valence-electron chi connectivity index (χ3n) is 10.8. The highest BCUT2D eigenvalue weighted by Gasteiger charge is 2.51. The van der Waals surface area contributed by atoms with Gasteiger partial charge < -0.3 is 9.64 Å². The molecule has 0 aliphatic carbocycles. The maximum atomic E-state index is 15.1. The number of nitrogens with zero attached hydrogens (tertiary/aromatic N) is 5. The van der Waals surface area contributed by atoms with Gasteiger partial charge in [-0.25, -0.2) is 8.78 Å². The normalized spacial score (nSPS) is 19.1. The van der Waals surface area contributed by atoms with Crippen molar-refractivity contribution in [1.82, 2.24) is 15.1 Å². The molecule has 0 saturated carbocycles. The number of imide groups is 1. The predicted molar refractivity (Wildman–Crippen MR) is 217 cm³/mol. The van der Waals surface area contributed by atoms with E-state index < -0.39 is 40.2 Å². The zero-order valence-corrected chi connectivity index (χ0v) is 34.6. The van der Waals surface area contributed by atoms with Crippen LogP contribution < -0.4 is 19.9 Å². The molecule has 1 unspecified atom stereocenters. The van der Waals surface area contributed by atoms with Crippen molar-refractivity contribution < 1.29 is 45.9 Å². The number of thiocarbonyl (C=S) groups is 1. The lowest BCUT2D eigenvalue weighted by Crippen LogP contribution is -2.49. The van der Waals surface area contributed by atoms with Crippen molar-refractivity contribution in [3.63, 3.8) is 0 Å². The van der Waals surface area contributed by atoms with Gasteiger partial charge in [-0.1, -0.05) is 17.7 Å². The predicted octanol–water partition coefficient (Wildman–Crippen LogP) is 6.66. The summed E-state index contributed by atoms with van der Waals surface area (Å²) >= 11 is 11.9. The molecule has 1 N–H and O–H groups in total. The molecule has 318 valence electrons. The number of piperidine rings is 1. The first kappa shape index (κ1) is 44.5. The summed E-state index contributed by atoms with van der Waals surface area (Å²) in [4.78, 5) is 56.8. The quantitative estimate of drug-likeness (QED) is 0.113. The highest BCUT2D eigenvalue weighted by molar-refractivity contribution is 7.81. The van der Waals surface area contributed by atoms with Gasteiger partial charge >= 0.3 is 6.18 Å². The zero-order chi connectivity index (χ0) is 43.7. The molecule has 0 aromatic heterocycles. The Bertz CT molecular complexity index is 2250. The molecule has 0 bridgehead atoms. The first-order chi connectivity index (χ1) is 28.1. The number of Topliss-reactive ketones (excluding diaryl/α,β-unsaturated/α-hetero) is 1. The number of alkyl halides is 5. The van der Waals surface area contributed by atoms with Crippen LogP contribution in [0, 0.1) is 17.2 Å². The number of rotatable bonds is 13. The van der Waals surface area contributed by atoms with E-state index in [0.717, 1.165) is 28.2 Å². The van der Waals surface area contributed by atoms with Gasteiger partial charge in [0.15, 0.2) is 10.9 Å². The van der Waals surface area contributed by atoms with Crippen LogP contribution in [0.4, 0.5) is 33.3 Å². The number of ketones is 1. The third-order valence-corrected chi connectivity index (χ3v) is 11.4. The molecule has 3 fully saturated rings. The second kappa shape index (κ2) is 17.5. The number of halogens is 6. The minimum Gasteiger partial charge on any atom is -0.492 e. The molecule has 3 heterocycles. The van der Waals surface area contributed by atoms with E-state index in [4.69, 9.17) is 28.6 Å². The van der Waals surface area contributed by atoms with Crippen LogP contribution >= 0.6 is 23.8 Å². The summed E-state index contributed by atoms with van der Waals surface area (Å²) in [7, 11) is 0. The largest absolute Gasteiger partial charge is 0.492 e. The standard InChI is InChI=1S/C42H42ClF5N6O5S/c1-40(2)38(58)53(30-6-4-28(23-49)33(21-30)42(46,47)48)39(60)54(40)31-7-8-35(34(22-31)41(3,44)45)59-15-14-51-10-12-52(13-11-51)24-32(55)20-26-16-25(18-29(43)19-26)17-27-5-9-36(56)50-37(27)57/h4,6-8,16,18-19,21-22,27H,5,9-15,17,20,24H2,1-3H3,(H,50,56,57). The van der Waals surface area contributed by atoms with Gasteiger partial charge in [0, 0.05) is 69.1 Å². The molecule has 3 aliphatic rings. The summed E-state index contributed by atoms with van der Waals surface area (Å²) in [5, 5.41) is 11.8. The second-order valence-electron chi connectivity index (χ2n) is 15.7. The van der Waals surface area contributed by atoms with E-state index in [2.05, 4.69) is 10.2 Å². The Morgan fingerprint density at radius 3 is 2.25 bits per heavy atom. The Hall–Kier alpha value is -5.02. The first-order valence-electron chi connectivity index (χ1n) is 19.2. The molecule has 1 atom stereocenters. The summed E-state index contributed by atoms with van der Waals surface area (Å²) in [6.45, 7) is 6.75. The number of nitrogens with one attached hydrogen (secondary N) is 1. The molecule has 11 nitrogen and oxygen atoms in total. The Balaban J connectivity index is 1.04. The van der Waals surface area contributed by atoms with Crippen molar-refractivity contribution in [2.24, 2.45) is 5.92 Å². The number of nitriles is 1. The number of ether oxygens (including phenoxy) is 1. The van der Waals surface area contributed by atoms with E-state index in [0.29, 0.717) is 63.6 Å². The molecule has 3 aromatic carbocycles. The maximum absolute atomic E-state index is 15.1. The molecular formula is C42H42ClF5N6O5S. The van der Waals surface area contributed by atoms with Crippen LogP contribution in [0.25, 0.3) is 0 Å². The van der Waals surface area contributed by atoms with Gasteiger partial charge in [0.1, 0.15) is 17.9 Å². The van der Waals surface area contributed by atoms with Gasteiger partial charge in [-0.15, -0.1) is 0 Å². The Kier molecular flexibility index (Phi) is 13.0. The minimum absolute atomic E-state index is 0.00234. The number of hydrogen-bond donors (Lipinski definition) is 1. The average molecular weight is 873 g/mol. The van der Waals surface area contributed by atoms with Crippen LogP contribution in [-0.2, 0) is 44.1 Å². The van der Waals surface area contributed by atoms with Gasteiger partial charge in [0.05, 0.1) is 35.0 Å². The van der Waals surface area contributed by atoms with Crippen LogP contribution in [0.5, 0.6) is 5.75 Å². The van der Waals surface area contributed by atoms with Crippen LogP contribution in [0.15, 0.2) is 54.6 Å². The SMILES string of the molecule is CC(F)(F)c1cc(N2C(=S)N(c3ccc(C#N)c(C(F)(F)F)c3)C(=O)C2(C)C)ccc1OCCN1CCN(CC(=O)Cc2cc(Cl)cc(CC3CCC(=O)NC3=O)c2)CC1. The van der Waals surface area contributed by atoms with E-state index in [1.807, 2.05) is 11.0 Å². The lowest BCUT2D eigenvalue weighted by molar-refractivity contribution is -0.138.